The molecule has 35 heavy (non-hydrogen) atoms. The lowest BCUT2D eigenvalue weighted by molar-refractivity contribution is 0.0505. The maximum atomic E-state index is 13.3. The Morgan fingerprint density at radius 2 is 2.06 bits per heavy atom. The van der Waals surface area contributed by atoms with Gasteiger partial charge in [-0.1, -0.05) is 6.92 Å². The minimum atomic E-state index is -0.400. The van der Waals surface area contributed by atoms with Gasteiger partial charge in [-0.3, -0.25) is 9.48 Å². The van der Waals surface area contributed by atoms with Crippen LogP contribution in [0.15, 0.2) is 29.0 Å². The molecule has 0 bridgehead atoms. The minimum absolute atomic E-state index is 0.204. The molecule has 5 rings (SSSR count). The highest BCUT2D eigenvalue weighted by molar-refractivity contribution is 9.10. The van der Waals surface area contributed by atoms with Crippen molar-refractivity contribution < 1.29 is 14.3 Å². The maximum absolute atomic E-state index is 13.3. The first-order chi connectivity index (χ1) is 17.0. The first-order valence-corrected chi connectivity index (χ1v) is 13.3. The third-order valence-corrected chi connectivity index (χ3v) is 7.70. The minimum Gasteiger partial charge on any atom is -0.462 e. The Bertz CT molecular complexity index is 1420. The summed E-state index contributed by atoms with van der Waals surface area (Å²) >= 11 is 5.02. The van der Waals surface area contributed by atoms with Gasteiger partial charge < -0.3 is 10.1 Å². The average Bonchev–Trinajstić information content (AvgIpc) is 3.56. The number of anilines is 1. The second kappa shape index (κ2) is 9.90. The van der Waals surface area contributed by atoms with Gasteiger partial charge in [0.2, 0.25) is 0 Å². The largest absolute Gasteiger partial charge is 0.462 e. The second-order valence-electron chi connectivity index (χ2n) is 8.32. The predicted octanol–water partition coefficient (Wildman–Crippen LogP) is 5.13. The van der Waals surface area contributed by atoms with Crippen LogP contribution in [-0.4, -0.2) is 42.9 Å². The van der Waals surface area contributed by atoms with E-state index >= 15 is 0 Å². The molecule has 0 unspecified atom stereocenters. The predicted molar refractivity (Wildman–Crippen MR) is 137 cm³/mol. The van der Waals surface area contributed by atoms with Crippen LogP contribution in [-0.2, 0) is 24.1 Å². The highest BCUT2D eigenvalue weighted by Crippen LogP contribution is 2.39. The van der Waals surface area contributed by atoms with E-state index in [1.54, 1.807) is 16.8 Å². The molecular weight excluding hydrogens is 532 g/mol. The second-order valence-corrected chi connectivity index (χ2v) is 10.3. The molecule has 1 amide bonds. The summed E-state index contributed by atoms with van der Waals surface area (Å²) in [4.78, 5) is 31.6. The third kappa shape index (κ3) is 4.50. The van der Waals surface area contributed by atoms with Gasteiger partial charge in [0.25, 0.3) is 5.91 Å². The van der Waals surface area contributed by atoms with Gasteiger partial charge in [0.1, 0.15) is 10.7 Å². The maximum Gasteiger partial charge on any atom is 0.341 e. The molecule has 0 atom stereocenters. The summed E-state index contributed by atoms with van der Waals surface area (Å²) in [6.45, 7) is 5.04. The SMILES string of the molecule is CCCOC(=O)c1c(NC(=O)c2cc3nccc(-c4nn(CC)cc4Br)n3n2)sc2c1CCCC2. The molecule has 4 heterocycles. The van der Waals surface area contributed by atoms with Gasteiger partial charge in [0.15, 0.2) is 11.3 Å². The monoisotopic (exact) mass is 556 g/mol. The van der Waals surface area contributed by atoms with Crippen LogP contribution >= 0.6 is 27.3 Å². The van der Waals surface area contributed by atoms with Crippen LogP contribution in [0.25, 0.3) is 17.0 Å². The molecule has 9 nitrogen and oxygen atoms in total. The number of hydrogen-bond donors (Lipinski definition) is 1. The first kappa shape index (κ1) is 23.7. The molecule has 0 saturated heterocycles. The van der Waals surface area contributed by atoms with E-state index < -0.39 is 5.91 Å². The van der Waals surface area contributed by atoms with Crippen molar-refractivity contribution >= 4 is 49.8 Å². The Balaban J connectivity index is 1.48. The van der Waals surface area contributed by atoms with Gasteiger partial charge in [-0.25, -0.2) is 14.3 Å². The molecule has 182 valence electrons. The Hall–Kier alpha value is -3.05. The van der Waals surface area contributed by atoms with Crippen molar-refractivity contribution in [3.05, 3.63) is 50.7 Å². The summed E-state index contributed by atoms with van der Waals surface area (Å²) in [6.07, 6.45) is 8.13. The van der Waals surface area contributed by atoms with Gasteiger partial charge in [-0.2, -0.15) is 10.2 Å². The van der Waals surface area contributed by atoms with Crippen molar-refractivity contribution in [2.45, 2.75) is 52.5 Å². The van der Waals surface area contributed by atoms with Crippen molar-refractivity contribution in [2.75, 3.05) is 11.9 Å². The number of aromatic nitrogens is 5. The Morgan fingerprint density at radius 3 is 2.83 bits per heavy atom. The summed E-state index contributed by atoms with van der Waals surface area (Å²) < 4.78 is 9.69. The van der Waals surface area contributed by atoms with Gasteiger partial charge in [0, 0.05) is 29.9 Å². The van der Waals surface area contributed by atoms with Gasteiger partial charge in [-0.15, -0.1) is 11.3 Å². The lowest BCUT2D eigenvalue weighted by Crippen LogP contribution is -2.16. The first-order valence-electron chi connectivity index (χ1n) is 11.7. The van der Waals surface area contributed by atoms with Crippen LogP contribution in [0.4, 0.5) is 5.00 Å². The molecule has 1 aliphatic rings. The zero-order valence-corrected chi connectivity index (χ0v) is 21.9. The number of halogens is 1. The van der Waals surface area contributed by atoms with Crippen molar-refractivity contribution in [1.82, 2.24) is 24.4 Å². The summed E-state index contributed by atoms with van der Waals surface area (Å²) in [5, 5.41) is 12.6. The highest BCUT2D eigenvalue weighted by atomic mass is 79.9. The molecule has 0 radical (unpaired) electrons. The number of esters is 1. The molecule has 4 aromatic heterocycles. The molecule has 0 aliphatic heterocycles. The number of rotatable bonds is 7. The van der Waals surface area contributed by atoms with E-state index in [0.717, 1.165) is 53.6 Å². The van der Waals surface area contributed by atoms with Gasteiger partial charge in [-0.05, 0) is 66.6 Å². The van der Waals surface area contributed by atoms with Crippen molar-refractivity contribution in [3.63, 3.8) is 0 Å². The standard InChI is InChI=1S/C24H25BrN6O3S/c1-3-11-34-24(33)20-14-7-5-6-8-18(14)35-23(20)27-22(32)16-12-19-26-10-9-17(31(19)28-16)21-15(25)13-30(4-2)29-21/h9-10,12-13H,3-8,11H2,1-2H3,(H,27,32). The molecular formula is C24H25BrN6O3S. The lowest BCUT2D eigenvalue weighted by Gasteiger charge is -2.12. The third-order valence-electron chi connectivity index (χ3n) is 5.91. The number of hydrogen-bond acceptors (Lipinski definition) is 7. The van der Waals surface area contributed by atoms with Gasteiger partial charge in [0.05, 0.1) is 22.3 Å². The van der Waals surface area contributed by atoms with Crippen molar-refractivity contribution in [1.29, 1.82) is 0 Å². The van der Waals surface area contributed by atoms with Crippen LogP contribution in [0.5, 0.6) is 0 Å². The number of fused-ring (bicyclic) bond motifs is 2. The Labute approximate surface area is 214 Å². The normalized spacial score (nSPS) is 13.1. The van der Waals surface area contributed by atoms with E-state index in [4.69, 9.17) is 4.74 Å². The van der Waals surface area contributed by atoms with Crippen LogP contribution in [0, 0.1) is 0 Å². The molecule has 1 N–H and O–H groups in total. The zero-order valence-electron chi connectivity index (χ0n) is 19.5. The van der Waals surface area contributed by atoms with Crippen LogP contribution in [0.3, 0.4) is 0 Å². The van der Waals surface area contributed by atoms with Crippen molar-refractivity contribution in [3.8, 4) is 11.4 Å². The summed E-state index contributed by atoms with van der Waals surface area (Å²) in [5.41, 5.74) is 3.65. The Kier molecular flexibility index (Phi) is 6.70. The quantitative estimate of drug-likeness (QED) is 0.316. The fourth-order valence-corrected chi connectivity index (χ4v) is 6.01. The van der Waals surface area contributed by atoms with Crippen LogP contribution in [0.2, 0.25) is 0 Å². The van der Waals surface area contributed by atoms with E-state index in [9.17, 15) is 9.59 Å². The fraction of sp³-hybridized carbons (Fsp3) is 0.375. The number of nitrogens with one attached hydrogen (secondary N) is 1. The van der Waals surface area contributed by atoms with E-state index in [2.05, 4.69) is 36.4 Å². The van der Waals surface area contributed by atoms with Crippen LogP contribution in [0.1, 0.15) is 64.4 Å². The van der Waals surface area contributed by atoms with E-state index in [1.807, 2.05) is 30.8 Å². The number of thiophene rings is 1. The molecule has 0 fully saturated rings. The molecule has 4 aromatic rings. The van der Waals surface area contributed by atoms with Crippen molar-refractivity contribution in [2.24, 2.45) is 0 Å². The molecule has 0 spiro atoms. The summed E-state index contributed by atoms with van der Waals surface area (Å²) in [5.74, 6) is -0.778. The smallest absolute Gasteiger partial charge is 0.341 e. The number of nitrogens with zero attached hydrogens (tertiary/aromatic N) is 5. The summed E-state index contributed by atoms with van der Waals surface area (Å²) in [6, 6.07) is 3.44. The fourth-order valence-electron chi connectivity index (χ4n) is 4.22. The number of carbonyl (C=O) groups excluding carboxylic acids is 2. The van der Waals surface area contributed by atoms with E-state index in [1.165, 1.54) is 11.3 Å². The molecule has 1 aliphatic carbocycles. The summed E-state index contributed by atoms with van der Waals surface area (Å²) in [7, 11) is 0. The van der Waals surface area contributed by atoms with E-state index in [-0.39, 0.29) is 11.7 Å². The number of ether oxygens (including phenoxy) is 1. The topological polar surface area (TPSA) is 103 Å². The number of aryl methyl sites for hydroxylation is 2. The molecule has 11 heteroatoms. The lowest BCUT2D eigenvalue weighted by atomic mass is 9.95. The molecule has 0 aromatic carbocycles. The van der Waals surface area contributed by atoms with Crippen LogP contribution < -0.4 is 5.32 Å². The number of amides is 1. The highest BCUT2D eigenvalue weighted by Gasteiger charge is 2.28. The average molecular weight is 557 g/mol. The van der Waals surface area contributed by atoms with E-state index in [0.29, 0.717) is 34.2 Å². The Morgan fingerprint density at radius 1 is 1.23 bits per heavy atom. The zero-order chi connectivity index (χ0) is 24.5. The number of carbonyl (C=O) groups is 2. The van der Waals surface area contributed by atoms with Gasteiger partial charge >= 0.3 is 5.97 Å². The molecule has 0 saturated carbocycles.